The van der Waals surface area contributed by atoms with E-state index in [0.29, 0.717) is 25.5 Å². The van der Waals surface area contributed by atoms with E-state index in [1.165, 1.54) is 0 Å². The zero-order valence-electron chi connectivity index (χ0n) is 24.8. The first-order valence-corrected chi connectivity index (χ1v) is 13.8. The molecule has 2 N–H and O–H groups in total. The fourth-order valence-electron chi connectivity index (χ4n) is 5.05. The van der Waals surface area contributed by atoms with Crippen LogP contribution in [-0.2, 0) is 33.3 Å². The molecule has 40 heavy (non-hydrogen) atoms. The van der Waals surface area contributed by atoms with Gasteiger partial charge in [0.2, 0.25) is 0 Å². The predicted molar refractivity (Wildman–Crippen MR) is 149 cm³/mol. The van der Waals surface area contributed by atoms with Crippen molar-refractivity contribution in [2.24, 2.45) is 16.7 Å². The molecule has 228 valence electrons. The second kappa shape index (κ2) is 17.6. The molecule has 0 bridgehead atoms. The Morgan fingerprint density at radius 2 is 1.55 bits per heavy atom. The van der Waals surface area contributed by atoms with Gasteiger partial charge in [-0.1, -0.05) is 47.8 Å². The molecule has 0 radical (unpaired) electrons. The van der Waals surface area contributed by atoms with E-state index in [9.17, 15) is 19.2 Å². The Kier molecular flexibility index (Phi) is 15.4. The van der Waals surface area contributed by atoms with Crippen LogP contribution in [0, 0.1) is 16.7 Å². The number of hydrogen-bond donors (Lipinski definition) is 2. The number of rotatable bonds is 17. The summed E-state index contributed by atoms with van der Waals surface area (Å²) >= 11 is 0. The summed E-state index contributed by atoms with van der Waals surface area (Å²) in [5.41, 5.74) is -0.447. The smallest absolute Gasteiger partial charge is 0.407 e. The van der Waals surface area contributed by atoms with Crippen LogP contribution in [0.4, 0.5) is 9.59 Å². The summed E-state index contributed by atoms with van der Waals surface area (Å²) in [5, 5.41) is 5.72. The Morgan fingerprint density at radius 3 is 2.20 bits per heavy atom. The lowest BCUT2D eigenvalue weighted by atomic mass is 9.62. The fourth-order valence-corrected chi connectivity index (χ4v) is 5.05. The number of nitrogens with one attached hydrogen (secondary N) is 2. The van der Waals surface area contributed by atoms with Gasteiger partial charge in [-0.2, -0.15) is 0 Å². The summed E-state index contributed by atoms with van der Waals surface area (Å²) < 4.78 is 26.2. The average molecular weight is 569 g/mol. The molecule has 1 aliphatic carbocycles. The normalized spacial score (nSPS) is 20.5. The van der Waals surface area contributed by atoms with Crippen molar-refractivity contribution < 1.29 is 42.9 Å². The highest BCUT2D eigenvalue weighted by atomic mass is 16.6. The van der Waals surface area contributed by atoms with Crippen molar-refractivity contribution in [2.75, 3.05) is 39.6 Å². The van der Waals surface area contributed by atoms with Crippen molar-refractivity contribution >= 4 is 24.1 Å². The molecule has 11 heteroatoms. The minimum absolute atomic E-state index is 0.0606. The van der Waals surface area contributed by atoms with Gasteiger partial charge in [0.1, 0.15) is 19.8 Å². The molecule has 0 aromatic rings. The van der Waals surface area contributed by atoms with Crippen LogP contribution >= 0.6 is 0 Å². The van der Waals surface area contributed by atoms with E-state index in [0.717, 1.165) is 37.8 Å². The van der Waals surface area contributed by atoms with Crippen LogP contribution in [0.15, 0.2) is 25.3 Å². The molecule has 1 aliphatic rings. The molecule has 2 amide bonds. The quantitative estimate of drug-likeness (QED) is 0.114. The third kappa shape index (κ3) is 15.5. The van der Waals surface area contributed by atoms with Crippen molar-refractivity contribution in [1.29, 1.82) is 0 Å². The number of carbonyl (C=O) groups is 4. The molecule has 0 aromatic heterocycles. The van der Waals surface area contributed by atoms with Crippen LogP contribution in [0.1, 0.15) is 66.7 Å². The van der Waals surface area contributed by atoms with Crippen LogP contribution in [-0.4, -0.2) is 75.9 Å². The van der Waals surface area contributed by atoms with Gasteiger partial charge in [0.25, 0.3) is 0 Å². The molecule has 1 rings (SSSR count). The van der Waals surface area contributed by atoms with Gasteiger partial charge >= 0.3 is 24.1 Å². The summed E-state index contributed by atoms with van der Waals surface area (Å²) in [6.45, 7) is 17.9. The summed E-state index contributed by atoms with van der Waals surface area (Å²) in [6, 6.07) is -0.180. The van der Waals surface area contributed by atoms with Crippen molar-refractivity contribution in [3.05, 3.63) is 25.3 Å². The minimum atomic E-state index is -0.770. The van der Waals surface area contributed by atoms with Crippen molar-refractivity contribution in [3.8, 4) is 0 Å². The zero-order valence-corrected chi connectivity index (χ0v) is 24.8. The van der Waals surface area contributed by atoms with E-state index >= 15 is 0 Å². The van der Waals surface area contributed by atoms with Gasteiger partial charge in [-0.15, -0.1) is 0 Å². The highest BCUT2D eigenvalue weighted by Crippen LogP contribution is 2.45. The topological polar surface area (TPSA) is 138 Å². The number of ether oxygens (including phenoxy) is 5. The summed E-state index contributed by atoms with van der Waals surface area (Å²) in [7, 11) is 0. The van der Waals surface area contributed by atoms with E-state index in [1.807, 2.05) is 6.92 Å². The Labute approximate surface area is 238 Å². The van der Waals surface area contributed by atoms with E-state index in [2.05, 4.69) is 51.5 Å². The lowest BCUT2D eigenvalue weighted by Gasteiger charge is -2.46. The first kappa shape index (κ1) is 34.9. The Hall–Kier alpha value is -3.08. The maximum Gasteiger partial charge on any atom is 0.407 e. The lowest BCUT2D eigenvalue weighted by molar-refractivity contribution is -0.142. The number of amides is 2. The van der Waals surface area contributed by atoms with Crippen molar-refractivity contribution in [3.63, 3.8) is 0 Å². The molecule has 3 atom stereocenters. The number of esters is 2. The molecule has 0 saturated heterocycles. The Bertz CT molecular complexity index is 858. The van der Waals surface area contributed by atoms with E-state index < -0.39 is 30.2 Å². The van der Waals surface area contributed by atoms with Crippen LogP contribution < -0.4 is 10.6 Å². The van der Waals surface area contributed by atoms with Gasteiger partial charge in [0.15, 0.2) is 6.10 Å². The molecule has 1 saturated carbocycles. The molecular weight excluding hydrogens is 520 g/mol. The average Bonchev–Trinajstić information content (AvgIpc) is 2.86. The van der Waals surface area contributed by atoms with E-state index in [1.54, 1.807) is 0 Å². The molecular formula is C29H48N2O9. The highest BCUT2D eigenvalue weighted by Gasteiger charge is 2.42. The number of alkyl carbamates (subject to hydrolysis) is 2. The number of hydrogen-bond acceptors (Lipinski definition) is 9. The maximum absolute atomic E-state index is 12.7. The largest absolute Gasteiger partial charge is 0.459 e. The third-order valence-electron chi connectivity index (χ3n) is 6.38. The second-order valence-electron chi connectivity index (χ2n) is 11.7. The summed E-state index contributed by atoms with van der Waals surface area (Å²) in [4.78, 5) is 47.6. The molecule has 0 spiro atoms. The maximum atomic E-state index is 12.7. The molecule has 0 heterocycles. The Morgan fingerprint density at radius 1 is 0.900 bits per heavy atom. The SMILES string of the molecule is C=CC(=O)OCCOC(=O)NC1CC(C)(C)CC(C)(CNC(=O)OC(COCCCC(C)C)COC(=O)C=C)C1. The minimum Gasteiger partial charge on any atom is -0.459 e. The van der Waals surface area contributed by atoms with E-state index in [4.69, 9.17) is 23.7 Å². The van der Waals surface area contributed by atoms with Gasteiger partial charge in [-0.25, -0.2) is 19.2 Å². The van der Waals surface area contributed by atoms with Crippen molar-refractivity contribution in [2.45, 2.75) is 78.9 Å². The molecule has 3 unspecified atom stereocenters. The van der Waals surface area contributed by atoms with Gasteiger partial charge in [0.05, 0.1) is 6.61 Å². The third-order valence-corrected chi connectivity index (χ3v) is 6.38. The molecule has 11 nitrogen and oxygen atoms in total. The standard InChI is InChI=1S/C29H48N2O9/c1-8-24(32)37-13-14-38-27(35)31-22-15-28(5,6)19-29(7,16-22)20-30-26(34)40-23(18-39-25(33)9-2)17-36-12-10-11-21(3)4/h8-9,21-23H,1-2,10-20H2,3-7H3,(H,30,34)(H,31,35). The Balaban J connectivity index is 2.62. The van der Waals surface area contributed by atoms with Gasteiger partial charge in [-0.3, -0.25) is 0 Å². The molecule has 1 fully saturated rings. The zero-order chi connectivity index (χ0) is 30.2. The predicted octanol–water partition coefficient (Wildman–Crippen LogP) is 4.30. The molecule has 0 aliphatic heterocycles. The van der Waals surface area contributed by atoms with Crippen molar-refractivity contribution in [1.82, 2.24) is 10.6 Å². The summed E-state index contributed by atoms with van der Waals surface area (Å²) in [5.74, 6) is -0.630. The van der Waals surface area contributed by atoms with Gasteiger partial charge < -0.3 is 34.3 Å². The fraction of sp³-hybridized carbons (Fsp3) is 0.724. The van der Waals surface area contributed by atoms with Crippen LogP contribution in [0.25, 0.3) is 0 Å². The van der Waals surface area contributed by atoms with Crippen LogP contribution in [0.3, 0.4) is 0 Å². The number of carbonyl (C=O) groups excluding carboxylic acids is 4. The summed E-state index contributed by atoms with van der Waals surface area (Å²) in [6.07, 6.45) is 4.12. The van der Waals surface area contributed by atoms with Crippen LogP contribution in [0.2, 0.25) is 0 Å². The van der Waals surface area contributed by atoms with Crippen LogP contribution in [0.5, 0.6) is 0 Å². The van der Waals surface area contributed by atoms with E-state index in [-0.39, 0.29) is 43.3 Å². The lowest BCUT2D eigenvalue weighted by Crippen LogP contribution is -2.50. The van der Waals surface area contributed by atoms with Gasteiger partial charge in [-0.05, 0) is 48.9 Å². The molecule has 0 aromatic carbocycles. The monoisotopic (exact) mass is 568 g/mol. The second-order valence-corrected chi connectivity index (χ2v) is 11.7. The highest BCUT2D eigenvalue weighted by molar-refractivity contribution is 5.81. The van der Waals surface area contributed by atoms with Gasteiger partial charge in [0, 0.05) is 31.3 Å². The first-order valence-electron chi connectivity index (χ1n) is 13.8. The first-order chi connectivity index (χ1) is 18.8.